The Labute approximate surface area is 118 Å². The maximum absolute atomic E-state index is 5.73. The highest BCUT2D eigenvalue weighted by Crippen LogP contribution is 2.30. The summed E-state index contributed by atoms with van der Waals surface area (Å²) in [5.41, 5.74) is 8.55. The molecule has 1 fully saturated rings. The van der Waals surface area contributed by atoms with Crippen LogP contribution in [0.5, 0.6) is 0 Å². The summed E-state index contributed by atoms with van der Waals surface area (Å²) in [7, 11) is 0. The molecule has 106 valence electrons. The third-order valence-electron chi connectivity index (χ3n) is 4.59. The third-order valence-corrected chi connectivity index (χ3v) is 4.59. The first kappa shape index (κ1) is 14.4. The van der Waals surface area contributed by atoms with Crippen molar-refractivity contribution < 1.29 is 0 Å². The Balaban J connectivity index is 1.78. The Morgan fingerprint density at radius 1 is 1.16 bits per heavy atom. The summed E-state index contributed by atoms with van der Waals surface area (Å²) in [6, 6.07) is 8.35. The second kappa shape index (κ2) is 5.96. The standard InChI is InChI=1S/C17H28N2/c1-14(15-4-6-16(18)7-5-15)8-11-19-12-9-17(2,3)10-13-19/h4-7,14H,8-13,18H2,1-3H3. The van der Waals surface area contributed by atoms with Gasteiger partial charge >= 0.3 is 0 Å². The topological polar surface area (TPSA) is 29.3 Å². The lowest BCUT2D eigenvalue weighted by molar-refractivity contribution is 0.130. The summed E-state index contributed by atoms with van der Waals surface area (Å²) in [6.07, 6.45) is 3.91. The Kier molecular flexibility index (Phi) is 4.51. The maximum Gasteiger partial charge on any atom is 0.0314 e. The molecule has 2 N–H and O–H groups in total. The molecule has 1 aromatic rings. The zero-order valence-electron chi connectivity index (χ0n) is 12.7. The fourth-order valence-corrected chi connectivity index (χ4v) is 2.75. The third kappa shape index (κ3) is 4.24. The highest BCUT2D eigenvalue weighted by atomic mass is 15.1. The zero-order valence-corrected chi connectivity index (χ0v) is 12.7. The van der Waals surface area contributed by atoms with Crippen molar-refractivity contribution in [1.82, 2.24) is 4.90 Å². The van der Waals surface area contributed by atoms with Crippen molar-refractivity contribution in [1.29, 1.82) is 0 Å². The van der Waals surface area contributed by atoms with E-state index in [1.54, 1.807) is 0 Å². The summed E-state index contributed by atoms with van der Waals surface area (Å²) in [5.74, 6) is 0.621. The van der Waals surface area contributed by atoms with Gasteiger partial charge in [-0.2, -0.15) is 0 Å². The number of benzene rings is 1. The van der Waals surface area contributed by atoms with Gasteiger partial charge in [-0.05, 0) is 67.9 Å². The largest absolute Gasteiger partial charge is 0.399 e. The van der Waals surface area contributed by atoms with Crippen LogP contribution in [0.15, 0.2) is 24.3 Å². The molecule has 19 heavy (non-hydrogen) atoms. The molecule has 2 nitrogen and oxygen atoms in total. The van der Waals surface area contributed by atoms with Gasteiger partial charge in [-0.3, -0.25) is 0 Å². The van der Waals surface area contributed by atoms with Gasteiger partial charge in [0, 0.05) is 5.69 Å². The molecule has 0 spiro atoms. The quantitative estimate of drug-likeness (QED) is 0.832. The van der Waals surface area contributed by atoms with Crippen molar-refractivity contribution >= 4 is 5.69 Å². The van der Waals surface area contributed by atoms with Crippen molar-refractivity contribution in [3.05, 3.63) is 29.8 Å². The number of hydrogen-bond acceptors (Lipinski definition) is 2. The molecule has 1 aliphatic heterocycles. The monoisotopic (exact) mass is 260 g/mol. The Morgan fingerprint density at radius 3 is 2.32 bits per heavy atom. The van der Waals surface area contributed by atoms with Crippen molar-refractivity contribution in [2.75, 3.05) is 25.4 Å². The van der Waals surface area contributed by atoms with Gasteiger partial charge in [-0.25, -0.2) is 0 Å². The van der Waals surface area contributed by atoms with Crippen molar-refractivity contribution in [3.8, 4) is 0 Å². The highest BCUT2D eigenvalue weighted by Gasteiger charge is 2.25. The van der Waals surface area contributed by atoms with E-state index in [0.29, 0.717) is 11.3 Å². The first-order valence-corrected chi connectivity index (χ1v) is 7.54. The van der Waals surface area contributed by atoms with Gasteiger partial charge in [0.15, 0.2) is 0 Å². The van der Waals surface area contributed by atoms with Crippen molar-refractivity contribution in [2.24, 2.45) is 5.41 Å². The van der Waals surface area contributed by atoms with Crippen LogP contribution >= 0.6 is 0 Å². The minimum atomic E-state index is 0.555. The van der Waals surface area contributed by atoms with Crippen LogP contribution in [0.2, 0.25) is 0 Å². The van der Waals surface area contributed by atoms with Gasteiger partial charge in [0.05, 0.1) is 0 Å². The van der Waals surface area contributed by atoms with E-state index in [2.05, 4.69) is 37.8 Å². The number of piperidine rings is 1. The molecule has 1 aromatic carbocycles. The maximum atomic E-state index is 5.73. The SMILES string of the molecule is CC(CCN1CCC(C)(C)CC1)c1ccc(N)cc1. The Bertz CT molecular complexity index is 384. The molecule has 1 unspecified atom stereocenters. The minimum Gasteiger partial charge on any atom is -0.399 e. The smallest absolute Gasteiger partial charge is 0.0314 e. The van der Waals surface area contributed by atoms with Gasteiger partial charge < -0.3 is 10.6 Å². The van der Waals surface area contributed by atoms with Crippen molar-refractivity contribution in [3.63, 3.8) is 0 Å². The predicted molar refractivity (Wildman–Crippen MR) is 83.3 cm³/mol. The highest BCUT2D eigenvalue weighted by molar-refractivity contribution is 5.40. The van der Waals surface area contributed by atoms with Crippen LogP contribution in [0.1, 0.15) is 51.5 Å². The lowest BCUT2D eigenvalue weighted by Crippen LogP contribution is -2.38. The van der Waals surface area contributed by atoms with E-state index in [9.17, 15) is 0 Å². The molecule has 1 heterocycles. The van der Waals surface area contributed by atoms with E-state index in [0.717, 1.165) is 5.69 Å². The molecule has 0 radical (unpaired) electrons. The van der Waals surface area contributed by atoms with Crippen LogP contribution in [-0.4, -0.2) is 24.5 Å². The van der Waals surface area contributed by atoms with E-state index >= 15 is 0 Å². The van der Waals surface area contributed by atoms with Crippen LogP contribution in [-0.2, 0) is 0 Å². The molecule has 0 aliphatic carbocycles. The van der Waals surface area contributed by atoms with Gasteiger partial charge in [-0.15, -0.1) is 0 Å². The molecule has 1 saturated heterocycles. The van der Waals surface area contributed by atoms with Gasteiger partial charge in [0.25, 0.3) is 0 Å². The van der Waals surface area contributed by atoms with Gasteiger partial charge in [0.1, 0.15) is 0 Å². The fraction of sp³-hybridized carbons (Fsp3) is 0.647. The lowest BCUT2D eigenvalue weighted by atomic mass is 9.82. The number of likely N-dealkylation sites (tertiary alicyclic amines) is 1. The molecule has 0 bridgehead atoms. The Morgan fingerprint density at radius 2 is 1.74 bits per heavy atom. The second-order valence-electron chi connectivity index (χ2n) is 6.86. The van der Waals surface area contributed by atoms with E-state index in [4.69, 9.17) is 5.73 Å². The molecule has 1 aliphatic rings. The predicted octanol–water partition coefficient (Wildman–Crippen LogP) is 3.88. The van der Waals surface area contributed by atoms with Crippen LogP contribution < -0.4 is 5.73 Å². The molecule has 0 aromatic heterocycles. The molecule has 2 rings (SSSR count). The van der Waals surface area contributed by atoms with Gasteiger partial charge in [0.2, 0.25) is 0 Å². The average Bonchev–Trinajstić information content (AvgIpc) is 2.38. The van der Waals surface area contributed by atoms with Crippen LogP contribution in [0.3, 0.4) is 0 Å². The normalized spacial score (nSPS) is 21.2. The summed E-state index contributed by atoms with van der Waals surface area (Å²) >= 11 is 0. The molecular formula is C17H28N2. The average molecular weight is 260 g/mol. The number of rotatable bonds is 4. The summed E-state index contributed by atoms with van der Waals surface area (Å²) in [5, 5.41) is 0. The van der Waals surface area contributed by atoms with Crippen molar-refractivity contribution in [2.45, 2.75) is 46.0 Å². The first-order chi connectivity index (χ1) is 8.96. The fourth-order valence-electron chi connectivity index (χ4n) is 2.75. The number of nitrogens with zero attached hydrogens (tertiary/aromatic N) is 1. The number of nitrogens with two attached hydrogens (primary N) is 1. The zero-order chi connectivity index (χ0) is 13.9. The molecule has 2 heteroatoms. The van der Waals surface area contributed by atoms with E-state index < -0.39 is 0 Å². The van der Waals surface area contributed by atoms with E-state index in [-0.39, 0.29) is 0 Å². The van der Waals surface area contributed by atoms with E-state index in [1.807, 2.05) is 12.1 Å². The van der Waals surface area contributed by atoms with Crippen LogP contribution in [0.25, 0.3) is 0 Å². The molecular weight excluding hydrogens is 232 g/mol. The van der Waals surface area contributed by atoms with Gasteiger partial charge in [-0.1, -0.05) is 32.9 Å². The Hall–Kier alpha value is -1.02. The second-order valence-corrected chi connectivity index (χ2v) is 6.86. The van der Waals surface area contributed by atoms with E-state index in [1.165, 1.54) is 44.5 Å². The molecule has 0 amide bonds. The van der Waals surface area contributed by atoms with Crippen LogP contribution in [0, 0.1) is 5.41 Å². The van der Waals surface area contributed by atoms with Crippen LogP contribution in [0.4, 0.5) is 5.69 Å². The summed E-state index contributed by atoms with van der Waals surface area (Å²) in [4.78, 5) is 2.62. The number of anilines is 1. The molecule has 1 atom stereocenters. The molecule has 0 saturated carbocycles. The lowest BCUT2D eigenvalue weighted by Gasteiger charge is -2.37. The number of hydrogen-bond donors (Lipinski definition) is 1. The first-order valence-electron chi connectivity index (χ1n) is 7.54. The minimum absolute atomic E-state index is 0.555. The number of nitrogen functional groups attached to an aromatic ring is 1. The summed E-state index contributed by atoms with van der Waals surface area (Å²) < 4.78 is 0. The summed E-state index contributed by atoms with van der Waals surface area (Å²) in [6.45, 7) is 10.9.